The van der Waals surface area contributed by atoms with E-state index in [0.717, 1.165) is 47.8 Å². The third-order valence-electron chi connectivity index (χ3n) is 7.12. The highest BCUT2D eigenvalue weighted by atomic mass is 16.5. The molecule has 2 aromatic carbocycles. The summed E-state index contributed by atoms with van der Waals surface area (Å²) in [6.07, 6.45) is 4.70. The van der Waals surface area contributed by atoms with E-state index in [4.69, 9.17) is 18.6 Å². The van der Waals surface area contributed by atoms with Crippen molar-refractivity contribution in [3.05, 3.63) is 71.4 Å². The summed E-state index contributed by atoms with van der Waals surface area (Å²) in [5, 5.41) is 19.5. The largest absolute Gasteiger partial charge is 0.490 e. The van der Waals surface area contributed by atoms with Crippen LogP contribution in [-0.4, -0.2) is 32.4 Å². The summed E-state index contributed by atoms with van der Waals surface area (Å²) in [6, 6.07) is 13.1. The SMILES string of the molecule is Cc1c(-c2cc(C(=O)O)c3c(OC4CCC(c5nnco5)CC4)ccc(C)c3n2)oc2ccccc12. The smallest absolute Gasteiger partial charge is 0.336 e. The van der Waals surface area contributed by atoms with Crippen molar-refractivity contribution >= 4 is 27.8 Å². The van der Waals surface area contributed by atoms with Crippen molar-refractivity contribution in [3.8, 4) is 17.2 Å². The van der Waals surface area contributed by atoms with E-state index in [-0.39, 0.29) is 17.6 Å². The lowest BCUT2D eigenvalue weighted by Gasteiger charge is -2.28. The molecule has 6 rings (SSSR count). The number of para-hydroxylation sites is 1. The zero-order valence-corrected chi connectivity index (χ0v) is 20.0. The van der Waals surface area contributed by atoms with Crippen LogP contribution in [0.15, 0.2) is 57.7 Å². The van der Waals surface area contributed by atoms with Crippen LogP contribution < -0.4 is 4.74 Å². The second-order valence-electron chi connectivity index (χ2n) is 9.39. The summed E-state index contributed by atoms with van der Waals surface area (Å²) < 4.78 is 17.9. The van der Waals surface area contributed by atoms with Crippen LogP contribution in [0.5, 0.6) is 5.75 Å². The number of rotatable bonds is 5. The number of nitrogens with zero attached hydrogens (tertiary/aromatic N) is 3. The molecule has 5 aromatic rings. The van der Waals surface area contributed by atoms with Crippen molar-refractivity contribution in [2.24, 2.45) is 0 Å². The Bertz CT molecular complexity index is 1580. The van der Waals surface area contributed by atoms with E-state index in [1.54, 1.807) is 6.07 Å². The molecule has 1 saturated carbocycles. The van der Waals surface area contributed by atoms with Crippen LogP contribution in [0.2, 0.25) is 0 Å². The summed E-state index contributed by atoms with van der Waals surface area (Å²) in [4.78, 5) is 17.3. The number of carboxylic acids is 1. The number of carbonyl (C=O) groups is 1. The highest BCUT2D eigenvalue weighted by Gasteiger charge is 2.28. The molecular formula is C28H25N3O5. The first-order valence-corrected chi connectivity index (χ1v) is 12.1. The molecule has 36 heavy (non-hydrogen) atoms. The van der Waals surface area contributed by atoms with Gasteiger partial charge in [0.1, 0.15) is 17.0 Å². The molecule has 8 nitrogen and oxygen atoms in total. The van der Waals surface area contributed by atoms with Crippen LogP contribution >= 0.6 is 0 Å². The minimum Gasteiger partial charge on any atom is -0.490 e. The number of benzene rings is 2. The Kier molecular flexibility index (Phi) is 5.44. The molecule has 0 atom stereocenters. The van der Waals surface area contributed by atoms with E-state index in [2.05, 4.69) is 10.2 Å². The number of aromatic nitrogens is 3. The summed E-state index contributed by atoms with van der Waals surface area (Å²) in [5.74, 6) is 0.973. The first kappa shape index (κ1) is 22.3. The molecule has 182 valence electrons. The molecule has 0 aliphatic heterocycles. The average Bonchev–Trinajstić information content (AvgIpc) is 3.54. The van der Waals surface area contributed by atoms with E-state index < -0.39 is 5.97 Å². The van der Waals surface area contributed by atoms with Crippen molar-refractivity contribution in [3.63, 3.8) is 0 Å². The lowest BCUT2D eigenvalue weighted by Crippen LogP contribution is -2.23. The summed E-state index contributed by atoms with van der Waals surface area (Å²) in [6.45, 7) is 3.89. The van der Waals surface area contributed by atoms with Gasteiger partial charge in [0, 0.05) is 16.9 Å². The van der Waals surface area contributed by atoms with Gasteiger partial charge in [0.15, 0.2) is 5.76 Å². The van der Waals surface area contributed by atoms with Crippen molar-refractivity contribution in [2.75, 3.05) is 0 Å². The first-order valence-electron chi connectivity index (χ1n) is 12.1. The van der Waals surface area contributed by atoms with Crippen molar-refractivity contribution in [1.29, 1.82) is 0 Å². The molecular weight excluding hydrogens is 458 g/mol. The van der Waals surface area contributed by atoms with E-state index in [1.165, 1.54) is 6.39 Å². The average molecular weight is 484 g/mol. The molecule has 1 N–H and O–H groups in total. The molecule has 0 saturated heterocycles. The van der Waals surface area contributed by atoms with E-state index in [9.17, 15) is 9.90 Å². The minimum absolute atomic E-state index is 0.0333. The maximum atomic E-state index is 12.4. The molecule has 1 aliphatic carbocycles. The molecule has 0 unspecified atom stereocenters. The van der Waals surface area contributed by atoms with Crippen LogP contribution in [-0.2, 0) is 0 Å². The van der Waals surface area contributed by atoms with Gasteiger partial charge in [-0.1, -0.05) is 24.3 Å². The van der Waals surface area contributed by atoms with Gasteiger partial charge in [-0.05, 0) is 63.3 Å². The summed E-state index contributed by atoms with van der Waals surface area (Å²) in [7, 11) is 0. The standard InChI is InChI=1S/C28H25N3O5/c1-15-7-12-23(35-18-10-8-17(9-11-18)27-31-29-14-34-27)24-20(28(32)33)13-21(30-25(15)24)26-16(2)19-5-3-4-6-22(19)36-26/h3-7,12-14,17-18H,8-11H2,1-2H3,(H,32,33). The van der Waals surface area contributed by atoms with Gasteiger partial charge in [-0.25, -0.2) is 9.78 Å². The Morgan fingerprint density at radius 2 is 1.89 bits per heavy atom. The number of hydrogen-bond acceptors (Lipinski definition) is 7. The van der Waals surface area contributed by atoms with Crippen LogP contribution in [0.4, 0.5) is 0 Å². The summed E-state index contributed by atoms with van der Waals surface area (Å²) in [5.41, 5.74) is 3.78. The maximum Gasteiger partial charge on any atom is 0.336 e. The molecule has 3 heterocycles. The van der Waals surface area contributed by atoms with Gasteiger partial charge in [-0.2, -0.15) is 0 Å². The Hall–Kier alpha value is -4.20. The highest BCUT2D eigenvalue weighted by Crippen LogP contribution is 2.39. The van der Waals surface area contributed by atoms with Crippen LogP contribution in [0.25, 0.3) is 33.3 Å². The van der Waals surface area contributed by atoms with Gasteiger partial charge in [0.25, 0.3) is 0 Å². The number of hydrogen-bond donors (Lipinski definition) is 1. The first-order chi connectivity index (χ1) is 17.5. The predicted molar refractivity (Wildman–Crippen MR) is 133 cm³/mol. The molecule has 0 bridgehead atoms. The van der Waals surface area contributed by atoms with E-state index >= 15 is 0 Å². The van der Waals surface area contributed by atoms with E-state index in [1.807, 2.05) is 50.2 Å². The zero-order valence-electron chi connectivity index (χ0n) is 20.0. The summed E-state index contributed by atoms with van der Waals surface area (Å²) >= 11 is 0. The Morgan fingerprint density at radius 3 is 2.61 bits per heavy atom. The fraction of sp³-hybridized carbons (Fsp3) is 0.286. The fourth-order valence-corrected chi connectivity index (χ4v) is 5.21. The molecule has 0 radical (unpaired) electrons. The Labute approximate surface area is 206 Å². The molecule has 0 amide bonds. The fourth-order valence-electron chi connectivity index (χ4n) is 5.21. The monoisotopic (exact) mass is 483 g/mol. The van der Waals surface area contributed by atoms with Crippen LogP contribution in [0.3, 0.4) is 0 Å². The van der Waals surface area contributed by atoms with Crippen molar-refractivity contribution in [1.82, 2.24) is 15.2 Å². The highest BCUT2D eigenvalue weighted by molar-refractivity contribution is 6.07. The molecule has 1 fully saturated rings. The van der Waals surface area contributed by atoms with Crippen molar-refractivity contribution < 1.29 is 23.5 Å². The minimum atomic E-state index is -1.03. The van der Waals surface area contributed by atoms with E-state index in [0.29, 0.717) is 34.0 Å². The number of aryl methyl sites for hydroxylation is 2. The predicted octanol–water partition coefficient (Wildman–Crippen LogP) is 6.45. The van der Waals surface area contributed by atoms with Gasteiger partial charge >= 0.3 is 5.97 Å². The molecule has 0 spiro atoms. The van der Waals surface area contributed by atoms with Gasteiger partial charge in [0.05, 0.1) is 22.6 Å². The van der Waals surface area contributed by atoms with Gasteiger partial charge < -0.3 is 18.7 Å². The lowest BCUT2D eigenvalue weighted by atomic mass is 9.87. The zero-order chi connectivity index (χ0) is 24.8. The van der Waals surface area contributed by atoms with Gasteiger partial charge in [-0.3, -0.25) is 0 Å². The number of ether oxygens (including phenoxy) is 1. The van der Waals surface area contributed by atoms with Crippen LogP contribution in [0.1, 0.15) is 59.0 Å². The lowest BCUT2D eigenvalue weighted by molar-refractivity contribution is 0.0698. The number of fused-ring (bicyclic) bond motifs is 2. The Morgan fingerprint density at radius 1 is 1.08 bits per heavy atom. The topological polar surface area (TPSA) is 111 Å². The number of aromatic carboxylic acids is 1. The number of furan rings is 1. The van der Waals surface area contributed by atoms with Gasteiger partial charge in [-0.15, -0.1) is 10.2 Å². The molecule has 8 heteroatoms. The molecule has 1 aliphatic rings. The number of pyridine rings is 1. The third-order valence-corrected chi connectivity index (χ3v) is 7.12. The quantitative estimate of drug-likeness (QED) is 0.303. The molecule has 3 aromatic heterocycles. The second-order valence-corrected chi connectivity index (χ2v) is 9.39. The number of carboxylic acid groups (broad SMARTS) is 1. The third kappa shape index (κ3) is 3.79. The van der Waals surface area contributed by atoms with Gasteiger partial charge in [0.2, 0.25) is 12.3 Å². The van der Waals surface area contributed by atoms with Crippen LogP contribution in [0, 0.1) is 13.8 Å². The normalized spacial score (nSPS) is 18.1. The second kappa shape index (κ2) is 8.78. The maximum absolute atomic E-state index is 12.4. The Balaban J connectivity index is 1.39. The van der Waals surface area contributed by atoms with Crippen molar-refractivity contribution in [2.45, 2.75) is 51.6 Å².